The van der Waals surface area contributed by atoms with Crippen LogP contribution in [-0.4, -0.2) is 189 Å². The maximum absolute atomic E-state index is 14.4. The number of anilines is 3. The number of hydrogen-bond donors (Lipinski definition) is 9. The Labute approximate surface area is 614 Å². The van der Waals surface area contributed by atoms with E-state index in [0.717, 1.165) is 76.2 Å². The molecule has 4 bridgehead atoms. The Hall–Kier alpha value is -9.85. The van der Waals surface area contributed by atoms with Gasteiger partial charge in [-0.1, -0.05) is 76.3 Å². The number of imide groups is 1. The third kappa shape index (κ3) is 16.4. The molecule has 30 heteroatoms. The zero-order chi connectivity index (χ0) is 75.9. The van der Waals surface area contributed by atoms with Crippen molar-refractivity contribution in [3.05, 3.63) is 130 Å². The fraction of sp³-hybridized carbons (Fsp3) is 0.487. The summed E-state index contributed by atoms with van der Waals surface area (Å²) >= 11 is 1.39. The number of aromatic carboxylic acids is 1. The number of carbonyl (C=O) groups excluding carboxylic acids is 8. The molecule has 3 aromatic carbocycles. The fourth-order valence-corrected chi connectivity index (χ4v) is 18.6. The first kappa shape index (κ1) is 75.8. The number of amides is 7. The number of Topliss-reactive ketones (excluding diaryl/α,β-unsaturated/α-hetero) is 1. The first-order chi connectivity index (χ1) is 50.3. The van der Waals surface area contributed by atoms with E-state index in [-0.39, 0.29) is 85.5 Å². The largest absolute Gasteiger partial charge is 0.479 e. The molecule has 1 saturated heterocycles. The first-order valence-corrected chi connectivity index (χ1v) is 36.5. The Morgan fingerprint density at radius 2 is 1.56 bits per heavy atom. The molecule has 2 unspecified atom stereocenters. The second-order valence-corrected chi connectivity index (χ2v) is 31.6. The predicted octanol–water partition coefficient (Wildman–Crippen LogP) is 6.49. The lowest BCUT2D eigenvalue weighted by Gasteiger charge is -2.69. The average molecular weight is 1480 g/mol. The number of rotatable bonds is 29. The van der Waals surface area contributed by atoms with Crippen LogP contribution < -0.4 is 26.6 Å². The Morgan fingerprint density at radius 1 is 0.821 bits per heavy atom. The van der Waals surface area contributed by atoms with Crippen molar-refractivity contribution in [1.82, 2.24) is 34.9 Å². The number of benzene rings is 3. The molecule has 3 aliphatic heterocycles. The van der Waals surface area contributed by atoms with E-state index in [1.165, 1.54) is 29.2 Å². The topological polar surface area (TPSA) is 415 Å². The number of aliphatic hydroxyl groups excluding tert-OH is 3. The van der Waals surface area contributed by atoms with Crippen molar-refractivity contribution in [1.29, 1.82) is 0 Å². The van der Waals surface area contributed by atoms with Crippen molar-refractivity contribution in [2.75, 3.05) is 48.3 Å². The minimum absolute atomic E-state index is 0.000657. The lowest BCUT2D eigenvalue weighted by Crippen LogP contribution is -2.64. The molecule has 3 aromatic heterocycles. The summed E-state index contributed by atoms with van der Waals surface area (Å²) < 4.78 is 21.6. The number of aliphatic carboxylic acids is 1. The number of ketones is 1. The minimum atomic E-state index is -1.94. The third-order valence-corrected chi connectivity index (χ3v) is 22.5. The summed E-state index contributed by atoms with van der Waals surface area (Å²) in [6.07, 6.45) is -0.916. The first-order valence-electron chi connectivity index (χ1n) is 35.6. The molecule has 562 valence electrons. The molecule has 6 aromatic rings. The summed E-state index contributed by atoms with van der Waals surface area (Å²) in [6, 6.07) is 20.5. The number of carbonyl (C=O) groups is 10. The normalized spacial score (nSPS) is 24.9. The van der Waals surface area contributed by atoms with Crippen LogP contribution in [-0.2, 0) is 80.3 Å². The Morgan fingerprint density at radius 3 is 2.25 bits per heavy atom. The maximum atomic E-state index is 14.4. The van der Waals surface area contributed by atoms with Gasteiger partial charge in [0.1, 0.15) is 37.3 Å². The molecule has 13 rings (SSSR count). The van der Waals surface area contributed by atoms with Crippen LogP contribution >= 0.6 is 11.3 Å². The molecule has 7 amide bonds. The number of nitrogens with one attached hydrogen (secondary N) is 3. The number of carboxylic acid groups (broad SMARTS) is 2. The molecule has 5 fully saturated rings. The van der Waals surface area contributed by atoms with Gasteiger partial charge in [0.2, 0.25) is 17.7 Å². The molecular weight excluding hydrogens is 1390 g/mol. The van der Waals surface area contributed by atoms with Crippen molar-refractivity contribution in [3.63, 3.8) is 0 Å². The van der Waals surface area contributed by atoms with Crippen LogP contribution in [0.4, 0.5) is 21.4 Å². The molecule has 6 heterocycles. The van der Waals surface area contributed by atoms with Crippen LogP contribution in [0.3, 0.4) is 0 Å². The maximum Gasteiger partial charge on any atom is 0.410 e. The molecule has 0 radical (unpaired) electrons. The van der Waals surface area contributed by atoms with Crippen LogP contribution in [0.5, 0.6) is 0 Å². The van der Waals surface area contributed by atoms with Gasteiger partial charge in [-0.05, 0) is 152 Å². The smallest absolute Gasteiger partial charge is 0.410 e. The van der Waals surface area contributed by atoms with Crippen molar-refractivity contribution >= 4 is 97.4 Å². The van der Waals surface area contributed by atoms with E-state index in [1.807, 2.05) is 59.0 Å². The second-order valence-electron chi connectivity index (χ2n) is 30.6. The molecule has 10 N–H and O–H groups in total. The van der Waals surface area contributed by atoms with Gasteiger partial charge in [0.15, 0.2) is 22.7 Å². The highest BCUT2D eigenvalue weighted by Crippen LogP contribution is 2.72. The Kier molecular flexibility index (Phi) is 21.9. The van der Waals surface area contributed by atoms with Crippen LogP contribution in [0.2, 0.25) is 0 Å². The van der Waals surface area contributed by atoms with Gasteiger partial charge in [0, 0.05) is 91.7 Å². The third-order valence-electron chi connectivity index (χ3n) is 21.6. The van der Waals surface area contributed by atoms with Gasteiger partial charge < -0.3 is 65.9 Å². The average Bonchev–Trinajstić information content (AvgIpc) is 0.843. The van der Waals surface area contributed by atoms with E-state index in [4.69, 9.17) is 30.0 Å². The van der Waals surface area contributed by atoms with Crippen molar-refractivity contribution in [3.8, 4) is 11.1 Å². The number of carboxylic acids is 2. The quantitative estimate of drug-likeness (QED) is 0.0226. The van der Waals surface area contributed by atoms with Gasteiger partial charge >= 0.3 is 18.0 Å². The molecule has 4 saturated carbocycles. The van der Waals surface area contributed by atoms with Gasteiger partial charge in [-0.3, -0.25) is 48.5 Å². The van der Waals surface area contributed by atoms with Gasteiger partial charge in [0.05, 0.1) is 40.8 Å². The zero-order valence-electron chi connectivity index (χ0n) is 59.9. The summed E-state index contributed by atoms with van der Waals surface area (Å²) in [5.41, 5.74) is 10.3. The van der Waals surface area contributed by atoms with Crippen molar-refractivity contribution in [2.24, 2.45) is 33.8 Å². The highest BCUT2D eigenvalue weighted by atomic mass is 32.1. The highest BCUT2D eigenvalue weighted by molar-refractivity contribution is 7.22. The second kappa shape index (κ2) is 30.6. The van der Waals surface area contributed by atoms with Crippen LogP contribution in [0.1, 0.15) is 141 Å². The van der Waals surface area contributed by atoms with E-state index >= 15 is 0 Å². The predicted molar refractivity (Wildman–Crippen MR) is 386 cm³/mol. The molecule has 106 heavy (non-hydrogen) atoms. The summed E-state index contributed by atoms with van der Waals surface area (Å²) in [5.74, 6) is -7.86. The van der Waals surface area contributed by atoms with Crippen molar-refractivity contribution < 1.29 is 87.7 Å². The number of pyridine rings is 1. The number of ether oxygens (including phenoxy) is 3. The summed E-state index contributed by atoms with van der Waals surface area (Å²) in [6.45, 7) is 11.8. The van der Waals surface area contributed by atoms with Gasteiger partial charge in [0.25, 0.3) is 17.7 Å². The number of fused-ring (bicyclic) bond motifs is 2. The van der Waals surface area contributed by atoms with E-state index < -0.39 is 114 Å². The Bertz CT molecular complexity index is 4440. The number of aliphatic hydroxyl groups is 3. The number of nitrogens with two attached hydrogens (primary N) is 1. The van der Waals surface area contributed by atoms with Gasteiger partial charge in [-0.15, -0.1) is 0 Å². The number of hydrogen-bond acceptors (Lipinski definition) is 21. The summed E-state index contributed by atoms with van der Waals surface area (Å²) in [7, 11) is 0. The number of thiazole rings is 1. The van der Waals surface area contributed by atoms with Crippen LogP contribution in [0.25, 0.3) is 21.3 Å². The van der Waals surface area contributed by atoms with Crippen LogP contribution in [0, 0.1) is 35.0 Å². The zero-order valence-corrected chi connectivity index (χ0v) is 60.7. The SMILES string of the molecule is Cc1c(-c2ccc(N3CCc4cccc(C(=O)Nc5nc6ccccc6s5)c4C3)nc2C(=O)O)cnn1CC12CC3(C)CC(C)(C1)CC(OCCN(CCC(N)=O)C(=O)OCc1ccc(NC(=O)[C@H](C)CC(=O)[C@@H](NC(=O)CN4C(=O)C=CC4=O)C(C)C)cc1CC[C@@H]1O[C@H](C(=O)O)[C@@H](O)[C@H](O)[C@H]1O)(C3)C2. The van der Waals surface area contributed by atoms with E-state index in [1.54, 1.807) is 44.3 Å². The standard InChI is InChI=1S/C76H89N11O18S/c1-41(2)61(82-58(90)32-86-59(91)20-21-60(86)92)53(88)28-42(3)67(96)79-47-16-14-46(45(29-47)15-18-54-63(93)64(94)65(95)66(105-54)70(100)101)33-103-72(102)84(25-23-56(77)89)26-27-104-76-37-73(5)34-74(6,38-76)36-75(35-73,39-76)40-87-43(4)50(30-78-87)48-17-19-57(81-62(48)69(98)99)85-24-22-44-10-9-11-49(51(44)31-85)68(97)83-71-80-52-12-7-8-13-55(52)106-71/h7-14,16-17,19-21,29-30,41-42,54,61,63-66,93-95H,15,18,22-28,31-40H2,1-6H3,(H2,77,89)(H,79,96)(H,82,90)(H,98,99)(H,100,101)(H,80,83,97)/t42-,54+,61+,63+,64-,65+,66+,73?,74?,75?,76?/m1/s1. The summed E-state index contributed by atoms with van der Waals surface area (Å²) in [4.78, 5) is 144. The number of aryl methyl sites for hydroxylation is 1. The lowest BCUT2D eigenvalue weighted by atomic mass is 9.39. The highest BCUT2D eigenvalue weighted by Gasteiger charge is 2.66. The number of aromatic nitrogens is 4. The Balaban J connectivity index is 0.710. The number of para-hydroxylation sites is 1. The van der Waals surface area contributed by atoms with E-state index in [0.29, 0.717) is 71.2 Å². The van der Waals surface area contributed by atoms with Gasteiger partial charge in [-0.2, -0.15) is 5.10 Å². The molecule has 9 atom stereocenters. The van der Waals surface area contributed by atoms with E-state index in [9.17, 15) is 73.5 Å². The monoisotopic (exact) mass is 1480 g/mol. The molecule has 0 spiro atoms. The van der Waals surface area contributed by atoms with Crippen LogP contribution in [0.15, 0.2) is 91.1 Å². The number of nitrogens with zero attached hydrogens (tertiary/aromatic N) is 7. The molecule has 4 aliphatic carbocycles. The van der Waals surface area contributed by atoms with Crippen molar-refractivity contribution in [2.45, 2.75) is 174 Å². The lowest BCUT2D eigenvalue weighted by molar-refractivity contribution is -0.248. The molecule has 29 nitrogen and oxygen atoms in total. The molecular formula is C76H89N11O18S. The van der Waals surface area contributed by atoms with Gasteiger partial charge in [-0.25, -0.2) is 24.4 Å². The molecule has 7 aliphatic rings. The minimum Gasteiger partial charge on any atom is -0.479 e. The summed E-state index contributed by atoms with van der Waals surface area (Å²) in [5, 5.41) is 66.4. The van der Waals surface area contributed by atoms with E-state index in [2.05, 4.69) is 34.8 Å². The number of primary amides is 1. The fourth-order valence-electron chi connectivity index (χ4n) is 17.7.